The van der Waals surface area contributed by atoms with Gasteiger partial charge in [0, 0.05) is 12.6 Å². The van der Waals surface area contributed by atoms with Crippen molar-refractivity contribution in [1.82, 2.24) is 10.2 Å². The Hall–Kier alpha value is -2.44. The topological polar surface area (TPSA) is 94.0 Å². The summed E-state index contributed by atoms with van der Waals surface area (Å²) in [6.45, 7) is 3.10. The van der Waals surface area contributed by atoms with Crippen LogP contribution in [0.3, 0.4) is 0 Å². The summed E-state index contributed by atoms with van der Waals surface area (Å²) in [6, 6.07) is 2.61. The zero-order chi connectivity index (χ0) is 13.3. The molecule has 3 N–H and O–H groups in total. The molecule has 1 amide bonds. The largest absolute Gasteiger partial charge is 0.408 e. The third kappa shape index (κ3) is 2.29. The third-order valence-corrected chi connectivity index (χ3v) is 2.27. The number of nitrogens with one attached hydrogen (secondary N) is 1. The Bertz CT molecular complexity index is 609. The van der Waals surface area contributed by atoms with Crippen molar-refractivity contribution in [2.45, 2.75) is 13.8 Å². The van der Waals surface area contributed by atoms with Crippen molar-refractivity contribution in [1.29, 1.82) is 0 Å². The molecule has 0 saturated carbocycles. The number of hydrogen-bond acceptors (Lipinski definition) is 5. The Morgan fingerprint density at radius 1 is 1.39 bits per heavy atom. The van der Waals surface area contributed by atoms with Crippen LogP contribution >= 0.6 is 0 Å². The van der Waals surface area contributed by atoms with E-state index in [-0.39, 0.29) is 11.6 Å². The summed E-state index contributed by atoms with van der Waals surface area (Å²) >= 11 is 0. The van der Waals surface area contributed by atoms with Gasteiger partial charge in [0.15, 0.2) is 0 Å². The molecule has 1 heterocycles. The van der Waals surface area contributed by atoms with Crippen LogP contribution in [0.15, 0.2) is 16.5 Å². The third-order valence-electron chi connectivity index (χ3n) is 2.27. The average Bonchev–Trinajstić information content (AvgIpc) is 2.69. The molecular weight excluding hydrogens is 239 g/mol. The molecule has 1 aromatic heterocycles. The number of anilines is 2. The van der Waals surface area contributed by atoms with Crippen LogP contribution in [0.4, 0.5) is 16.1 Å². The highest BCUT2D eigenvalue weighted by Crippen LogP contribution is 2.18. The zero-order valence-corrected chi connectivity index (χ0v) is 9.82. The molecule has 0 radical (unpaired) electrons. The molecule has 0 saturated heterocycles. The van der Waals surface area contributed by atoms with E-state index >= 15 is 0 Å². The summed E-state index contributed by atoms with van der Waals surface area (Å²) in [5.74, 6) is -1.01. The fraction of sp³-hybridized carbons (Fsp3) is 0.182. The standard InChI is InChI=1S/C11H11FN4O2/c1-5-3-7(13)4-8(9(5)12)10(17)14-11-16-15-6(2)18-11/h3-4H,13H2,1-2H3,(H,14,16,17). The number of halogens is 1. The number of carbonyl (C=O) groups excluding carboxylic acids is 1. The van der Waals surface area contributed by atoms with Crippen molar-refractivity contribution in [2.24, 2.45) is 0 Å². The maximum atomic E-state index is 13.8. The summed E-state index contributed by atoms with van der Waals surface area (Å²) in [4.78, 5) is 11.8. The number of amides is 1. The van der Waals surface area contributed by atoms with Gasteiger partial charge in [-0.05, 0) is 24.6 Å². The number of nitrogens with two attached hydrogens (primary N) is 1. The summed E-state index contributed by atoms with van der Waals surface area (Å²) in [7, 11) is 0. The van der Waals surface area contributed by atoms with Crippen LogP contribution in [-0.2, 0) is 0 Å². The van der Waals surface area contributed by atoms with Gasteiger partial charge in [-0.25, -0.2) is 4.39 Å². The van der Waals surface area contributed by atoms with Gasteiger partial charge in [0.25, 0.3) is 5.91 Å². The number of hydrogen-bond donors (Lipinski definition) is 2. The fourth-order valence-electron chi connectivity index (χ4n) is 1.47. The van der Waals surface area contributed by atoms with Gasteiger partial charge in [0.05, 0.1) is 5.56 Å². The van der Waals surface area contributed by atoms with Crippen molar-refractivity contribution >= 4 is 17.6 Å². The minimum absolute atomic E-state index is 0.0861. The molecule has 0 unspecified atom stereocenters. The Labute approximate surface area is 102 Å². The predicted octanol–water partition coefficient (Wildman–Crippen LogP) is 1.66. The SMILES string of the molecule is Cc1nnc(NC(=O)c2cc(N)cc(C)c2F)o1. The molecule has 18 heavy (non-hydrogen) atoms. The Balaban J connectivity index is 2.29. The van der Waals surface area contributed by atoms with E-state index in [2.05, 4.69) is 15.5 Å². The van der Waals surface area contributed by atoms with E-state index < -0.39 is 11.7 Å². The maximum absolute atomic E-state index is 13.8. The molecule has 0 bridgehead atoms. The minimum Gasteiger partial charge on any atom is -0.408 e. The molecule has 1 aromatic carbocycles. The van der Waals surface area contributed by atoms with Gasteiger partial charge < -0.3 is 10.2 Å². The normalized spacial score (nSPS) is 10.4. The predicted molar refractivity (Wildman–Crippen MR) is 62.5 cm³/mol. The van der Waals surface area contributed by atoms with Gasteiger partial charge in [0.2, 0.25) is 5.89 Å². The van der Waals surface area contributed by atoms with Crippen LogP contribution in [0.25, 0.3) is 0 Å². The van der Waals surface area contributed by atoms with Crippen LogP contribution < -0.4 is 11.1 Å². The van der Waals surface area contributed by atoms with E-state index in [9.17, 15) is 9.18 Å². The lowest BCUT2D eigenvalue weighted by atomic mass is 10.1. The Morgan fingerprint density at radius 2 is 2.11 bits per heavy atom. The first-order valence-corrected chi connectivity index (χ1v) is 5.14. The second-order valence-electron chi connectivity index (χ2n) is 3.78. The van der Waals surface area contributed by atoms with E-state index in [0.717, 1.165) is 0 Å². The van der Waals surface area contributed by atoms with Gasteiger partial charge in [-0.2, -0.15) is 0 Å². The highest BCUT2D eigenvalue weighted by atomic mass is 19.1. The van der Waals surface area contributed by atoms with E-state index in [0.29, 0.717) is 17.1 Å². The molecule has 7 heteroatoms. The van der Waals surface area contributed by atoms with Gasteiger partial charge >= 0.3 is 6.01 Å². The van der Waals surface area contributed by atoms with Crippen molar-refractivity contribution in [3.63, 3.8) is 0 Å². The summed E-state index contributed by atoms with van der Waals surface area (Å²) < 4.78 is 18.7. The first-order chi connectivity index (χ1) is 8.47. The molecule has 6 nitrogen and oxygen atoms in total. The molecule has 0 aliphatic heterocycles. The highest BCUT2D eigenvalue weighted by Gasteiger charge is 2.16. The van der Waals surface area contributed by atoms with Gasteiger partial charge in [-0.15, -0.1) is 5.10 Å². The molecule has 2 aromatic rings. The zero-order valence-electron chi connectivity index (χ0n) is 9.82. The van der Waals surface area contributed by atoms with Crippen molar-refractivity contribution in [2.75, 3.05) is 11.1 Å². The number of aromatic nitrogens is 2. The lowest BCUT2D eigenvalue weighted by Crippen LogP contribution is -2.15. The Morgan fingerprint density at radius 3 is 2.72 bits per heavy atom. The summed E-state index contributed by atoms with van der Waals surface area (Å²) in [5.41, 5.74) is 6.00. The van der Waals surface area contributed by atoms with Gasteiger partial charge in [-0.3, -0.25) is 10.1 Å². The van der Waals surface area contributed by atoms with E-state index in [1.807, 2.05) is 0 Å². The minimum atomic E-state index is -0.688. The van der Waals surface area contributed by atoms with Gasteiger partial charge in [0.1, 0.15) is 5.82 Å². The van der Waals surface area contributed by atoms with Crippen LogP contribution in [0.1, 0.15) is 21.8 Å². The second-order valence-corrected chi connectivity index (χ2v) is 3.78. The monoisotopic (exact) mass is 250 g/mol. The smallest absolute Gasteiger partial charge is 0.322 e. The Kier molecular flexibility index (Phi) is 2.97. The van der Waals surface area contributed by atoms with E-state index in [1.165, 1.54) is 19.1 Å². The lowest BCUT2D eigenvalue weighted by molar-refractivity contribution is 0.102. The molecule has 0 fully saturated rings. The van der Waals surface area contributed by atoms with Crippen LogP contribution in [0.2, 0.25) is 0 Å². The van der Waals surface area contributed by atoms with E-state index in [1.54, 1.807) is 6.92 Å². The first kappa shape index (κ1) is 12.0. The lowest BCUT2D eigenvalue weighted by Gasteiger charge is -2.06. The highest BCUT2D eigenvalue weighted by molar-refractivity contribution is 6.04. The molecule has 0 aliphatic carbocycles. The molecule has 0 aliphatic rings. The summed E-state index contributed by atoms with van der Waals surface area (Å²) in [6.07, 6.45) is 0. The number of nitrogen functional groups attached to an aromatic ring is 1. The molecule has 0 atom stereocenters. The van der Waals surface area contributed by atoms with Crippen molar-refractivity contribution < 1.29 is 13.6 Å². The molecular formula is C11H11FN4O2. The number of carbonyl (C=O) groups is 1. The number of rotatable bonds is 2. The van der Waals surface area contributed by atoms with E-state index in [4.69, 9.17) is 10.2 Å². The first-order valence-electron chi connectivity index (χ1n) is 5.14. The molecule has 2 rings (SSSR count). The van der Waals surface area contributed by atoms with Crippen LogP contribution in [0, 0.1) is 19.7 Å². The van der Waals surface area contributed by atoms with Crippen molar-refractivity contribution in [3.8, 4) is 0 Å². The summed E-state index contributed by atoms with van der Waals surface area (Å²) in [5, 5.41) is 9.42. The number of benzene rings is 1. The maximum Gasteiger partial charge on any atom is 0.322 e. The van der Waals surface area contributed by atoms with Crippen molar-refractivity contribution in [3.05, 3.63) is 35.0 Å². The number of nitrogens with zero attached hydrogens (tertiary/aromatic N) is 2. The molecule has 0 spiro atoms. The second kappa shape index (κ2) is 4.44. The average molecular weight is 250 g/mol. The molecule has 94 valence electrons. The number of aryl methyl sites for hydroxylation is 2. The fourth-order valence-corrected chi connectivity index (χ4v) is 1.47. The van der Waals surface area contributed by atoms with Gasteiger partial charge in [-0.1, -0.05) is 5.10 Å². The quantitative estimate of drug-likeness (QED) is 0.790. The van der Waals surface area contributed by atoms with Crippen LogP contribution in [-0.4, -0.2) is 16.1 Å². The van der Waals surface area contributed by atoms with Crippen LogP contribution in [0.5, 0.6) is 0 Å².